The molecule has 1 aromatic rings. The van der Waals surface area contributed by atoms with Gasteiger partial charge in [-0.25, -0.2) is 0 Å². The lowest BCUT2D eigenvalue weighted by Crippen LogP contribution is -2.34. The standard InChI is InChI=1S/C16H24N4O3/c1-3-19(4-2)10-9-17-16(21)12-5-8-14(18-13-6-7-13)15(11-12)20(22)23/h5,8,11,13,18H,3-4,6-7,9-10H2,1-2H3,(H,17,21). The maximum Gasteiger partial charge on any atom is 0.293 e. The first kappa shape index (κ1) is 17.2. The van der Waals surface area contributed by atoms with Gasteiger partial charge < -0.3 is 15.5 Å². The summed E-state index contributed by atoms with van der Waals surface area (Å²) < 4.78 is 0. The van der Waals surface area contributed by atoms with Gasteiger partial charge in [0, 0.05) is 30.8 Å². The summed E-state index contributed by atoms with van der Waals surface area (Å²) in [7, 11) is 0. The first-order chi connectivity index (χ1) is 11.0. The molecule has 1 saturated carbocycles. The van der Waals surface area contributed by atoms with Crippen LogP contribution in [0.15, 0.2) is 18.2 Å². The number of benzene rings is 1. The van der Waals surface area contributed by atoms with Gasteiger partial charge in [-0.3, -0.25) is 14.9 Å². The molecule has 0 spiro atoms. The molecule has 1 amide bonds. The Morgan fingerprint density at radius 1 is 1.35 bits per heavy atom. The second-order valence-corrected chi connectivity index (χ2v) is 5.69. The molecular weight excluding hydrogens is 296 g/mol. The molecule has 0 aliphatic heterocycles. The highest BCUT2D eigenvalue weighted by Crippen LogP contribution is 2.31. The third-order valence-electron chi connectivity index (χ3n) is 4.00. The average Bonchev–Trinajstić information content (AvgIpc) is 3.35. The predicted molar refractivity (Wildman–Crippen MR) is 89.9 cm³/mol. The van der Waals surface area contributed by atoms with E-state index in [2.05, 4.69) is 29.4 Å². The summed E-state index contributed by atoms with van der Waals surface area (Å²) in [5, 5.41) is 17.1. The maximum absolute atomic E-state index is 12.2. The highest BCUT2D eigenvalue weighted by molar-refractivity contribution is 5.95. The number of nitrogens with one attached hydrogen (secondary N) is 2. The Balaban J connectivity index is 1.99. The molecule has 0 unspecified atom stereocenters. The van der Waals surface area contributed by atoms with E-state index >= 15 is 0 Å². The Bertz CT molecular complexity index is 568. The van der Waals surface area contributed by atoms with Crippen LogP contribution in [0.1, 0.15) is 37.0 Å². The summed E-state index contributed by atoms with van der Waals surface area (Å²) in [5.74, 6) is -0.279. The summed E-state index contributed by atoms with van der Waals surface area (Å²) in [4.78, 5) is 25.1. The van der Waals surface area contributed by atoms with Gasteiger partial charge in [0.05, 0.1) is 4.92 Å². The van der Waals surface area contributed by atoms with E-state index in [1.807, 2.05) is 0 Å². The van der Waals surface area contributed by atoms with Crippen molar-refractivity contribution in [3.8, 4) is 0 Å². The highest BCUT2D eigenvalue weighted by Gasteiger charge is 2.25. The Labute approximate surface area is 136 Å². The van der Waals surface area contributed by atoms with Crippen LogP contribution in [0.4, 0.5) is 11.4 Å². The molecule has 1 aromatic carbocycles. The number of nitrogens with zero attached hydrogens (tertiary/aromatic N) is 2. The normalized spacial score (nSPS) is 13.9. The molecule has 0 aromatic heterocycles. The Hall–Kier alpha value is -2.15. The van der Waals surface area contributed by atoms with Gasteiger partial charge in [-0.2, -0.15) is 0 Å². The van der Waals surface area contributed by atoms with E-state index in [9.17, 15) is 14.9 Å². The van der Waals surface area contributed by atoms with Crippen molar-refractivity contribution in [2.24, 2.45) is 0 Å². The largest absolute Gasteiger partial charge is 0.377 e. The second-order valence-electron chi connectivity index (χ2n) is 5.69. The van der Waals surface area contributed by atoms with Crippen molar-refractivity contribution in [3.05, 3.63) is 33.9 Å². The van der Waals surface area contributed by atoms with Crippen LogP contribution in [0.3, 0.4) is 0 Å². The molecular formula is C16H24N4O3. The number of anilines is 1. The van der Waals surface area contributed by atoms with E-state index in [0.717, 1.165) is 32.5 Å². The lowest BCUT2D eigenvalue weighted by atomic mass is 10.1. The average molecular weight is 320 g/mol. The van der Waals surface area contributed by atoms with Crippen LogP contribution in [0, 0.1) is 10.1 Å². The number of hydrogen-bond acceptors (Lipinski definition) is 5. The summed E-state index contributed by atoms with van der Waals surface area (Å²) in [6.07, 6.45) is 2.06. The van der Waals surface area contributed by atoms with E-state index in [0.29, 0.717) is 23.8 Å². The van der Waals surface area contributed by atoms with E-state index < -0.39 is 4.92 Å². The van der Waals surface area contributed by atoms with Crippen LogP contribution in [0.5, 0.6) is 0 Å². The molecule has 1 fully saturated rings. The summed E-state index contributed by atoms with van der Waals surface area (Å²) in [5.41, 5.74) is 0.753. The van der Waals surface area contributed by atoms with Crippen LogP contribution in [0.2, 0.25) is 0 Å². The quantitative estimate of drug-likeness (QED) is 0.538. The predicted octanol–water partition coefficient (Wildman–Crippen LogP) is 2.24. The van der Waals surface area contributed by atoms with Gasteiger partial charge in [-0.05, 0) is 38.1 Å². The molecule has 0 radical (unpaired) electrons. The van der Waals surface area contributed by atoms with Gasteiger partial charge in [-0.1, -0.05) is 13.8 Å². The van der Waals surface area contributed by atoms with Crippen LogP contribution >= 0.6 is 0 Å². The molecule has 7 nitrogen and oxygen atoms in total. The molecule has 1 aliphatic rings. The van der Waals surface area contributed by atoms with Gasteiger partial charge in [0.15, 0.2) is 0 Å². The van der Waals surface area contributed by atoms with E-state index in [-0.39, 0.29) is 11.6 Å². The number of nitro groups is 1. The monoisotopic (exact) mass is 320 g/mol. The molecule has 126 valence electrons. The number of carbonyl (C=O) groups excluding carboxylic acids is 1. The molecule has 2 rings (SSSR count). The van der Waals surface area contributed by atoms with Crippen LogP contribution in [-0.4, -0.2) is 48.0 Å². The minimum atomic E-state index is -0.447. The first-order valence-corrected chi connectivity index (χ1v) is 8.10. The number of nitro benzene ring substituents is 1. The minimum absolute atomic E-state index is 0.0479. The molecule has 0 bridgehead atoms. The summed E-state index contributed by atoms with van der Waals surface area (Å²) in [6.45, 7) is 7.29. The number of likely N-dealkylation sites (N-methyl/N-ethyl adjacent to an activating group) is 1. The topological polar surface area (TPSA) is 87.5 Å². The molecule has 0 heterocycles. The molecule has 0 saturated heterocycles. The van der Waals surface area contributed by atoms with E-state index in [1.54, 1.807) is 12.1 Å². The molecule has 7 heteroatoms. The second kappa shape index (κ2) is 7.92. The summed E-state index contributed by atoms with van der Waals surface area (Å²) >= 11 is 0. The Morgan fingerprint density at radius 2 is 2.04 bits per heavy atom. The van der Waals surface area contributed by atoms with Gasteiger partial charge in [0.25, 0.3) is 11.6 Å². The van der Waals surface area contributed by atoms with Crippen molar-refractivity contribution in [2.75, 3.05) is 31.5 Å². The third kappa shape index (κ3) is 4.92. The molecule has 0 atom stereocenters. The zero-order chi connectivity index (χ0) is 16.8. The van der Waals surface area contributed by atoms with Crippen LogP contribution in [0.25, 0.3) is 0 Å². The molecule has 1 aliphatic carbocycles. The van der Waals surface area contributed by atoms with Gasteiger partial charge in [-0.15, -0.1) is 0 Å². The van der Waals surface area contributed by atoms with Crippen LogP contribution in [-0.2, 0) is 0 Å². The van der Waals surface area contributed by atoms with Crippen molar-refractivity contribution in [2.45, 2.75) is 32.7 Å². The van der Waals surface area contributed by atoms with Crippen molar-refractivity contribution < 1.29 is 9.72 Å². The number of amides is 1. The smallest absolute Gasteiger partial charge is 0.293 e. The zero-order valence-corrected chi connectivity index (χ0v) is 13.7. The SMILES string of the molecule is CCN(CC)CCNC(=O)c1ccc(NC2CC2)c([N+](=O)[O-])c1. The fraction of sp³-hybridized carbons (Fsp3) is 0.562. The number of hydrogen-bond donors (Lipinski definition) is 2. The first-order valence-electron chi connectivity index (χ1n) is 8.10. The van der Waals surface area contributed by atoms with Crippen LogP contribution < -0.4 is 10.6 Å². The third-order valence-corrected chi connectivity index (χ3v) is 4.00. The van der Waals surface area contributed by atoms with Crippen molar-refractivity contribution in [3.63, 3.8) is 0 Å². The molecule has 2 N–H and O–H groups in total. The fourth-order valence-electron chi connectivity index (χ4n) is 2.36. The Kier molecular flexibility index (Phi) is 5.92. The number of rotatable bonds is 9. The maximum atomic E-state index is 12.2. The lowest BCUT2D eigenvalue weighted by Gasteiger charge is -2.18. The zero-order valence-electron chi connectivity index (χ0n) is 13.7. The van der Waals surface area contributed by atoms with Gasteiger partial charge >= 0.3 is 0 Å². The van der Waals surface area contributed by atoms with Crippen molar-refractivity contribution in [1.29, 1.82) is 0 Å². The highest BCUT2D eigenvalue weighted by atomic mass is 16.6. The van der Waals surface area contributed by atoms with E-state index in [1.165, 1.54) is 6.07 Å². The molecule has 23 heavy (non-hydrogen) atoms. The van der Waals surface area contributed by atoms with E-state index in [4.69, 9.17) is 0 Å². The minimum Gasteiger partial charge on any atom is -0.377 e. The lowest BCUT2D eigenvalue weighted by molar-refractivity contribution is -0.384. The van der Waals surface area contributed by atoms with Crippen molar-refractivity contribution in [1.82, 2.24) is 10.2 Å². The summed E-state index contributed by atoms with van der Waals surface area (Å²) in [6, 6.07) is 4.92. The van der Waals surface area contributed by atoms with Crippen molar-refractivity contribution >= 4 is 17.3 Å². The number of carbonyl (C=O) groups is 1. The Morgan fingerprint density at radius 3 is 2.61 bits per heavy atom. The van der Waals surface area contributed by atoms with Gasteiger partial charge in [0.1, 0.15) is 5.69 Å². The van der Waals surface area contributed by atoms with Gasteiger partial charge in [0.2, 0.25) is 0 Å². The fourth-order valence-corrected chi connectivity index (χ4v) is 2.36.